The van der Waals surface area contributed by atoms with Crippen molar-refractivity contribution in [2.24, 2.45) is 0 Å². The Balaban J connectivity index is 2.40. The highest BCUT2D eigenvalue weighted by Gasteiger charge is 2.31. The number of amides is 3. The third-order valence-corrected chi connectivity index (χ3v) is 3.92. The first-order valence-electron chi connectivity index (χ1n) is 5.87. The largest absolute Gasteiger partial charge is 0.444 e. The zero-order chi connectivity index (χ0) is 14.7. The lowest BCUT2D eigenvalue weighted by Gasteiger charge is -2.20. The van der Waals surface area contributed by atoms with Gasteiger partial charge in [0.15, 0.2) is 0 Å². The molecule has 1 saturated heterocycles. The smallest absolute Gasteiger partial charge is 0.407 e. The van der Waals surface area contributed by atoms with Gasteiger partial charge in [0.25, 0.3) is 0 Å². The lowest BCUT2D eigenvalue weighted by atomic mass is 10.2. The maximum Gasteiger partial charge on any atom is 0.407 e. The van der Waals surface area contributed by atoms with E-state index < -0.39 is 27.7 Å². The first kappa shape index (κ1) is 15.5. The molecular formula is C10H19N3O5S. The summed E-state index contributed by atoms with van der Waals surface area (Å²) < 4.78 is 29.3. The summed E-state index contributed by atoms with van der Waals surface area (Å²) in [6, 6.07) is -0.628. The van der Waals surface area contributed by atoms with Crippen LogP contribution in [0.2, 0.25) is 0 Å². The van der Waals surface area contributed by atoms with Gasteiger partial charge in [0.2, 0.25) is 10.0 Å². The van der Waals surface area contributed by atoms with Gasteiger partial charge in [-0.1, -0.05) is 0 Å². The molecule has 0 spiro atoms. The van der Waals surface area contributed by atoms with Crippen LogP contribution in [0.5, 0.6) is 0 Å². The lowest BCUT2D eigenvalue weighted by molar-refractivity contribution is 0.0531. The highest BCUT2D eigenvalue weighted by molar-refractivity contribution is 7.89. The highest BCUT2D eigenvalue weighted by Crippen LogP contribution is 2.07. The minimum Gasteiger partial charge on any atom is -0.444 e. The van der Waals surface area contributed by atoms with Gasteiger partial charge in [-0.2, -0.15) is 0 Å². The molecule has 3 amide bonds. The predicted molar refractivity (Wildman–Crippen MR) is 68.1 cm³/mol. The van der Waals surface area contributed by atoms with Gasteiger partial charge in [-0.3, -0.25) is 0 Å². The van der Waals surface area contributed by atoms with E-state index in [9.17, 15) is 18.0 Å². The molecular weight excluding hydrogens is 274 g/mol. The van der Waals surface area contributed by atoms with Gasteiger partial charge in [-0.05, 0) is 20.8 Å². The summed E-state index contributed by atoms with van der Waals surface area (Å²) in [6.45, 7) is 5.43. The molecule has 1 aliphatic heterocycles. The van der Waals surface area contributed by atoms with Crippen LogP contribution >= 0.6 is 0 Å². The van der Waals surface area contributed by atoms with Crippen molar-refractivity contribution >= 4 is 22.1 Å². The van der Waals surface area contributed by atoms with E-state index in [4.69, 9.17) is 4.74 Å². The Morgan fingerprint density at radius 1 is 1.47 bits per heavy atom. The summed E-state index contributed by atoms with van der Waals surface area (Å²) >= 11 is 0. The molecule has 1 rings (SSSR count). The van der Waals surface area contributed by atoms with Crippen molar-refractivity contribution in [3.05, 3.63) is 0 Å². The van der Waals surface area contributed by atoms with Gasteiger partial charge in [0, 0.05) is 13.1 Å². The van der Waals surface area contributed by atoms with Crippen molar-refractivity contribution in [3.63, 3.8) is 0 Å². The summed E-state index contributed by atoms with van der Waals surface area (Å²) in [4.78, 5) is 22.5. The fraction of sp³-hybridized carbons (Fsp3) is 0.800. The molecule has 0 aliphatic carbocycles. The lowest BCUT2D eigenvalue weighted by Crippen LogP contribution is -2.40. The third-order valence-electron chi connectivity index (χ3n) is 2.18. The third kappa shape index (κ3) is 4.93. The standard InChI is InChI=1S/C10H19N3O5S/c1-10(2,3)18-9(15)12-5-7-19(16,17)13-6-4-11-8(13)14/h4-7H2,1-3H3,(H,11,14)(H,12,15). The normalized spacial score (nSPS) is 16.2. The van der Waals surface area contributed by atoms with Crippen molar-refractivity contribution in [2.45, 2.75) is 26.4 Å². The average Bonchev–Trinajstić information content (AvgIpc) is 2.61. The van der Waals surface area contributed by atoms with E-state index in [1.165, 1.54) is 0 Å². The van der Waals surface area contributed by atoms with E-state index in [1.807, 2.05) is 0 Å². The second kappa shape index (κ2) is 5.64. The molecule has 0 unspecified atom stereocenters. The minimum absolute atomic E-state index is 0.110. The summed E-state index contributed by atoms with van der Waals surface area (Å²) in [5.74, 6) is -0.348. The number of urea groups is 1. The van der Waals surface area contributed by atoms with E-state index in [1.54, 1.807) is 20.8 Å². The summed E-state index contributed by atoms with van der Waals surface area (Å²) in [7, 11) is -3.70. The maximum atomic E-state index is 11.8. The molecule has 0 aromatic carbocycles. The number of carbonyl (C=O) groups is 2. The Kier molecular flexibility index (Phi) is 4.61. The zero-order valence-corrected chi connectivity index (χ0v) is 12.0. The predicted octanol–water partition coefficient (Wildman–Crippen LogP) is -0.134. The Morgan fingerprint density at radius 2 is 2.11 bits per heavy atom. The average molecular weight is 293 g/mol. The van der Waals surface area contributed by atoms with Crippen LogP contribution in [0.25, 0.3) is 0 Å². The van der Waals surface area contributed by atoms with Gasteiger partial charge in [0.05, 0.1) is 12.3 Å². The number of carbonyl (C=O) groups excluding carboxylic acids is 2. The number of ether oxygens (including phenoxy) is 1. The summed E-state index contributed by atoms with van der Waals surface area (Å²) in [6.07, 6.45) is -0.687. The first-order chi connectivity index (χ1) is 8.62. The van der Waals surface area contributed by atoms with Crippen LogP contribution in [0.3, 0.4) is 0 Å². The molecule has 0 aromatic rings. The Bertz CT molecular complexity index is 454. The Hall–Kier alpha value is -1.51. The van der Waals surface area contributed by atoms with Crippen LogP contribution in [-0.2, 0) is 14.8 Å². The van der Waals surface area contributed by atoms with Gasteiger partial charge in [-0.15, -0.1) is 0 Å². The number of alkyl carbamates (subject to hydrolysis) is 1. The molecule has 0 bridgehead atoms. The minimum atomic E-state index is -3.70. The summed E-state index contributed by atoms with van der Waals surface area (Å²) in [5, 5.41) is 4.74. The van der Waals surface area contributed by atoms with Crippen molar-refractivity contribution in [1.82, 2.24) is 14.9 Å². The first-order valence-corrected chi connectivity index (χ1v) is 7.48. The number of nitrogens with zero attached hydrogens (tertiary/aromatic N) is 1. The van der Waals surface area contributed by atoms with E-state index in [2.05, 4.69) is 10.6 Å². The Labute approximate surface area is 112 Å². The molecule has 1 heterocycles. The van der Waals surface area contributed by atoms with E-state index in [0.29, 0.717) is 6.54 Å². The van der Waals surface area contributed by atoms with Crippen LogP contribution in [0.4, 0.5) is 9.59 Å². The SMILES string of the molecule is CC(C)(C)OC(=O)NCCS(=O)(=O)N1CCNC1=O. The molecule has 9 heteroatoms. The molecule has 1 aliphatic rings. The van der Waals surface area contributed by atoms with Crippen molar-refractivity contribution < 1.29 is 22.7 Å². The van der Waals surface area contributed by atoms with E-state index in [-0.39, 0.29) is 18.8 Å². The van der Waals surface area contributed by atoms with Crippen LogP contribution in [0.15, 0.2) is 0 Å². The molecule has 0 aromatic heterocycles. The van der Waals surface area contributed by atoms with Gasteiger partial charge >= 0.3 is 12.1 Å². The topological polar surface area (TPSA) is 105 Å². The molecule has 1 fully saturated rings. The number of hydrogen-bond acceptors (Lipinski definition) is 5. The number of sulfonamides is 1. The zero-order valence-electron chi connectivity index (χ0n) is 11.2. The van der Waals surface area contributed by atoms with Crippen molar-refractivity contribution in [3.8, 4) is 0 Å². The van der Waals surface area contributed by atoms with Gasteiger partial charge < -0.3 is 15.4 Å². The number of rotatable bonds is 4. The van der Waals surface area contributed by atoms with Gasteiger partial charge in [-0.25, -0.2) is 22.3 Å². The van der Waals surface area contributed by atoms with Crippen LogP contribution < -0.4 is 10.6 Å². The van der Waals surface area contributed by atoms with Crippen LogP contribution in [-0.4, -0.2) is 55.8 Å². The molecule has 0 atom stereocenters. The second-order valence-electron chi connectivity index (χ2n) is 5.05. The van der Waals surface area contributed by atoms with Crippen molar-refractivity contribution in [1.29, 1.82) is 0 Å². The number of nitrogens with one attached hydrogen (secondary N) is 2. The van der Waals surface area contributed by atoms with Crippen LogP contribution in [0, 0.1) is 0 Å². The second-order valence-corrected chi connectivity index (χ2v) is 7.06. The Morgan fingerprint density at radius 3 is 2.58 bits per heavy atom. The fourth-order valence-corrected chi connectivity index (χ4v) is 2.69. The summed E-state index contributed by atoms with van der Waals surface area (Å²) in [5.41, 5.74) is -0.641. The molecule has 8 nitrogen and oxygen atoms in total. The van der Waals surface area contributed by atoms with Crippen LogP contribution in [0.1, 0.15) is 20.8 Å². The number of hydrogen-bond donors (Lipinski definition) is 2. The quantitative estimate of drug-likeness (QED) is 0.751. The molecule has 0 radical (unpaired) electrons. The van der Waals surface area contributed by atoms with Crippen molar-refractivity contribution in [2.75, 3.05) is 25.4 Å². The fourth-order valence-electron chi connectivity index (χ4n) is 1.43. The van der Waals surface area contributed by atoms with Gasteiger partial charge in [0.1, 0.15) is 5.60 Å². The highest BCUT2D eigenvalue weighted by atomic mass is 32.2. The van der Waals surface area contributed by atoms with E-state index >= 15 is 0 Å². The molecule has 19 heavy (non-hydrogen) atoms. The molecule has 110 valence electrons. The monoisotopic (exact) mass is 293 g/mol. The molecule has 0 saturated carbocycles. The maximum absolute atomic E-state index is 11.8. The molecule has 2 N–H and O–H groups in total. The van der Waals surface area contributed by atoms with E-state index in [0.717, 1.165) is 4.31 Å².